The van der Waals surface area contributed by atoms with Crippen molar-refractivity contribution in [3.8, 4) is 17.0 Å². The zero-order chi connectivity index (χ0) is 11.9. The van der Waals surface area contributed by atoms with Crippen LogP contribution in [0, 0.1) is 11.6 Å². The number of rotatable bonds is 1. The Kier molecular flexibility index (Phi) is 2.55. The van der Waals surface area contributed by atoms with Crippen LogP contribution in [0.2, 0.25) is 0 Å². The van der Waals surface area contributed by atoms with Crippen molar-refractivity contribution in [2.75, 3.05) is 5.73 Å². The maximum Gasteiger partial charge on any atom is 0.222 e. The van der Waals surface area contributed by atoms with Crippen molar-refractivity contribution < 1.29 is 18.4 Å². The molecule has 0 aliphatic rings. The summed E-state index contributed by atoms with van der Waals surface area (Å²) in [6.07, 6.45) is 0. The van der Waals surface area contributed by atoms with Gasteiger partial charge in [0.05, 0.1) is 4.47 Å². The Hall–Kier alpha value is -1.63. The van der Waals surface area contributed by atoms with Gasteiger partial charge in [-0.1, -0.05) is 5.16 Å². The molecule has 0 saturated carbocycles. The van der Waals surface area contributed by atoms with E-state index in [4.69, 9.17) is 10.8 Å². The molecule has 0 radical (unpaired) electrons. The van der Waals surface area contributed by atoms with Gasteiger partial charge in [-0.05, 0) is 22.0 Å². The van der Waals surface area contributed by atoms with Gasteiger partial charge >= 0.3 is 0 Å². The fraction of sp³-hybridized carbons (Fsp3) is 0. The van der Waals surface area contributed by atoms with Crippen molar-refractivity contribution in [1.29, 1.82) is 0 Å². The summed E-state index contributed by atoms with van der Waals surface area (Å²) in [5, 5.41) is 12.6. The second-order valence-electron chi connectivity index (χ2n) is 3.00. The second-order valence-corrected chi connectivity index (χ2v) is 3.85. The molecule has 0 saturated heterocycles. The van der Waals surface area contributed by atoms with E-state index in [1.54, 1.807) is 0 Å². The molecule has 0 aliphatic heterocycles. The van der Waals surface area contributed by atoms with Crippen molar-refractivity contribution in [3.63, 3.8) is 0 Å². The quantitative estimate of drug-likeness (QED) is 0.792. The van der Waals surface area contributed by atoms with Crippen LogP contribution in [-0.4, -0.2) is 10.3 Å². The fourth-order valence-electron chi connectivity index (χ4n) is 1.19. The van der Waals surface area contributed by atoms with Crippen molar-refractivity contribution in [3.05, 3.63) is 28.2 Å². The number of nitrogens with zero attached hydrogens (tertiary/aromatic N) is 1. The standard InChI is InChI=1S/C9H5BrF2N2O2/c10-4-1-3(5-2-6(13)16-14-5)7(11)8(12)9(4)15/h1-2,15H,13H2. The van der Waals surface area contributed by atoms with Crippen molar-refractivity contribution in [2.24, 2.45) is 0 Å². The summed E-state index contributed by atoms with van der Waals surface area (Å²) in [5.74, 6) is -3.38. The van der Waals surface area contributed by atoms with Gasteiger partial charge in [0, 0.05) is 11.6 Å². The van der Waals surface area contributed by atoms with E-state index >= 15 is 0 Å². The lowest BCUT2D eigenvalue weighted by atomic mass is 10.1. The third kappa shape index (κ3) is 1.63. The van der Waals surface area contributed by atoms with E-state index in [0.29, 0.717) is 0 Å². The summed E-state index contributed by atoms with van der Waals surface area (Å²) in [6.45, 7) is 0. The number of phenols is 1. The summed E-state index contributed by atoms with van der Waals surface area (Å²) in [6, 6.07) is 2.44. The highest BCUT2D eigenvalue weighted by Gasteiger charge is 2.19. The van der Waals surface area contributed by atoms with Gasteiger partial charge in [-0.3, -0.25) is 0 Å². The van der Waals surface area contributed by atoms with Gasteiger partial charge in [0.15, 0.2) is 11.6 Å². The lowest BCUT2D eigenvalue weighted by molar-refractivity contribution is 0.404. The molecule has 1 aromatic carbocycles. The Morgan fingerprint density at radius 3 is 2.56 bits per heavy atom. The molecule has 4 nitrogen and oxygen atoms in total. The number of anilines is 1. The summed E-state index contributed by atoms with van der Waals surface area (Å²) in [4.78, 5) is 0. The number of hydrogen-bond donors (Lipinski definition) is 2. The number of aromatic nitrogens is 1. The van der Waals surface area contributed by atoms with Crippen molar-refractivity contribution in [2.45, 2.75) is 0 Å². The Morgan fingerprint density at radius 1 is 1.31 bits per heavy atom. The van der Waals surface area contributed by atoms with Crippen molar-refractivity contribution >= 4 is 21.8 Å². The van der Waals surface area contributed by atoms with E-state index in [1.165, 1.54) is 12.1 Å². The average Bonchev–Trinajstić information content (AvgIpc) is 2.67. The molecule has 0 bridgehead atoms. The van der Waals surface area contributed by atoms with E-state index in [0.717, 1.165) is 0 Å². The normalized spacial score (nSPS) is 10.7. The lowest BCUT2D eigenvalue weighted by Gasteiger charge is -2.04. The molecule has 0 aliphatic carbocycles. The largest absolute Gasteiger partial charge is 0.504 e. The summed E-state index contributed by atoms with van der Waals surface area (Å²) >= 11 is 2.89. The summed E-state index contributed by atoms with van der Waals surface area (Å²) in [5.41, 5.74) is 5.17. The van der Waals surface area contributed by atoms with Gasteiger partial charge in [0.25, 0.3) is 0 Å². The van der Waals surface area contributed by atoms with Crippen LogP contribution in [-0.2, 0) is 0 Å². The Bertz CT molecular complexity index is 557. The van der Waals surface area contributed by atoms with Crippen LogP contribution >= 0.6 is 15.9 Å². The Morgan fingerprint density at radius 2 is 2.00 bits per heavy atom. The highest BCUT2D eigenvalue weighted by Crippen LogP contribution is 2.35. The zero-order valence-corrected chi connectivity index (χ0v) is 9.25. The van der Waals surface area contributed by atoms with E-state index in [-0.39, 0.29) is 21.6 Å². The first-order valence-electron chi connectivity index (χ1n) is 4.09. The molecule has 2 aromatic rings. The molecule has 16 heavy (non-hydrogen) atoms. The number of benzene rings is 1. The predicted octanol–water partition coefficient (Wildman–Crippen LogP) is 2.67. The molecule has 1 aromatic heterocycles. The van der Waals surface area contributed by atoms with Crippen LogP contribution in [0.3, 0.4) is 0 Å². The van der Waals surface area contributed by atoms with Crippen LogP contribution in [0.1, 0.15) is 0 Å². The number of halogens is 3. The number of phenolic OH excluding ortho intramolecular Hbond substituents is 1. The third-order valence-corrected chi connectivity index (χ3v) is 2.54. The Labute approximate surface area is 96.8 Å². The fourth-order valence-corrected chi connectivity index (χ4v) is 1.59. The molecule has 3 N–H and O–H groups in total. The van der Waals surface area contributed by atoms with Crippen LogP contribution in [0.25, 0.3) is 11.3 Å². The SMILES string of the molecule is Nc1cc(-c2cc(Br)c(O)c(F)c2F)no1. The molecule has 0 unspecified atom stereocenters. The number of aromatic hydroxyl groups is 1. The summed E-state index contributed by atoms with van der Waals surface area (Å²) < 4.78 is 31.2. The van der Waals surface area contributed by atoms with E-state index in [2.05, 4.69) is 25.6 Å². The summed E-state index contributed by atoms with van der Waals surface area (Å²) in [7, 11) is 0. The molecule has 2 rings (SSSR count). The Balaban J connectivity index is 2.66. The number of nitrogens with two attached hydrogens (primary N) is 1. The predicted molar refractivity (Wildman–Crippen MR) is 55.6 cm³/mol. The van der Waals surface area contributed by atoms with Gasteiger partial charge in [-0.25, -0.2) is 4.39 Å². The minimum absolute atomic E-state index is 0.0148. The minimum atomic E-state index is -1.36. The molecular weight excluding hydrogens is 286 g/mol. The van der Waals surface area contributed by atoms with E-state index in [1.807, 2.05) is 0 Å². The molecule has 84 valence electrons. The lowest BCUT2D eigenvalue weighted by Crippen LogP contribution is -1.91. The maximum absolute atomic E-state index is 13.5. The highest BCUT2D eigenvalue weighted by molar-refractivity contribution is 9.10. The van der Waals surface area contributed by atoms with Gasteiger partial charge in [0.1, 0.15) is 5.69 Å². The van der Waals surface area contributed by atoms with Crippen LogP contribution < -0.4 is 5.73 Å². The van der Waals surface area contributed by atoms with E-state index in [9.17, 15) is 8.78 Å². The minimum Gasteiger partial charge on any atom is -0.504 e. The molecule has 0 fully saturated rings. The van der Waals surface area contributed by atoms with Gasteiger partial charge in [-0.15, -0.1) is 0 Å². The van der Waals surface area contributed by atoms with Crippen LogP contribution in [0.15, 0.2) is 21.1 Å². The molecule has 0 atom stereocenters. The molecular formula is C9H5BrF2N2O2. The smallest absolute Gasteiger partial charge is 0.222 e. The van der Waals surface area contributed by atoms with Crippen LogP contribution in [0.5, 0.6) is 5.75 Å². The number of hydrogen-bond acceptors (Lipinski definition) is 4. The van der Waals surface area contributed by atoms with Crippen LogP contribution in [0.4, 0.5) is 14.7 Å². The van der Waals surface area contributed by atoms with E-state index < -0.39 is 17.4 Å². The molecule has 0 spiro atoms. The molecule has 7 heteroatoms. The average molecular weight is 291 g/mol. The first-order chi connectivity index (χ1) is 7.50. The number of nitrogen functional groups attached to an aromatic ring is 1. The third-order valence-electron chi connectivity index (χ3n) is 1.94. The van der Waals surface area contributed by atoms with Gasteiger partial charge in [-0.2, -0.15) is 4.39 Å². The zero-order valence-electron chi connectivity index (χ0n) is 7.67. The highest BCUT2D eigenvalue weighted by atomic mass is 79.9. The van der Waals surface area contributed by atoms with Gasteiger partial charge in [0.2, 0.25) is 11.7 Å². The topological polar surface area (TPSA) is 72.3 Å². The molecule has 0 amide bonds. The molecule has 1 heterocycles. The first kappa shape index (κ1) is 10.9. The first-order valence-corrected chi connectivity index (χ1v) is 4.89. The van der Waals surface area contributed by atoms with Gasteiger partial charge < -0.3 is 15.4 Å². The maximum atomic E-state index is 13.5. The van der Waals surface area contributed by atoms with Crippen molar-refractivity contribution in [1.82, 2.24) is 5.16 Å². The second kappa shape index (κ2) is 3.75. The monoisotopic (exact) mass is 290 g/mol.